The number of hydrogen-bond donors (Lipinski definition) is 1. The molecule has 14 heavy (non-hydrogen) atoms. The second-order valence-corrected chi connectivity index (χ2v) is 4.34. The van der Waals surface area contributed by atoms with Gasteiger partial charge in [0.2, 0.25) is 0 Å². The van der Waals surface area contributed by atoms with Gasteiger partial charge in [0.15, 0.2) is 0 Å². The van der Waals surface area contributed by atoms with Gasteiger partial charge >= 0.3 is 0 Å². The molecule has 1 N–H and O–H groups in total. The first-order valence-corrected chi connectivity index (χ1v) is 5.68. The summed E-state index contributed by atoms with van der Waals surface area (Å²) in [5, 5.41) is 3.45. The van der Waals surface area contributed by atoms with Crippen LogP contribution in [0.3, 0.4) is 0 Å². The van der Waals surface area contributed by atoms with Crippen LogP contribution in [-0.2, 0) is 9.47 Å². The second kappa shape index (κ2) is 7.21. The van der Waals surface area contributed by atoms with E-state index in [1.807, 2.05) is 0 Å². The van der Waals surface area contributed by atoms with Crippen molar-refractivity contribution in [1.29, 1.82) is 0 Å². The van der Waals surface area contributed by atoms with Gasteiger partial charge in [-0.3, -0.25) is 0 Å². The summed E-state index contributed by atoms with van der Waals surface area (Å²) in [4.78, 5) is 0. The molecule has 1 atom stereocenters. The minimum absolute atomic E-state index is 0.548. The third kappa shape index (κ3) is 5.58. The van der Waals surface area contributed by atoms with Crippen LogP contribution in [0.25, 0.3) is 0 Å². The van der Waals surface area contributed by atoms with Gasteiger partial charge in [-0.05, 0) is 18.8 Å². The molecule has 1 fully saturated rings. The summed E-state index contributed by atoms with van der Waals surface area (Å²) in [5.74, 6) is 0.632. The first-order chi connectivity index (χ1) is 6.79. The van der Waals surface area contributed by atoms with Crippen LogP contribution in [0.1, 0.15) is 26.7 Å². The van der Waals surface area contributed by atoms with Gasteiger partial charge in [0, 0.05) is 25.8 Å². The van der Waals surface area contributed by atoms with Crippen LogP contribution in [-0.4, -0.2) is 39.0 Å². The highest BCUT2D eigenvalue weighted by atomic mass is 16.5. The van der Waals surface area contributed by atoms with Crippen molar-refractivity contribution in [1.82, 2.24) is 5.32 Å². The number of ether oxygens (including phenoxy) is 2. The van der Waals surface area contributed by atoms with Gasteiger partial charge < -0.3 is 14.8 Å². The molecule has 1 heterocycles. The monoisotopic (exact) mass is 201 g/mol. The lowest BCUT2D eigenvalue weighted by molar-refractivity contribution is 0.0625. The molecule has 0 spiro atoms. The molecule has 0 aromatic carbocycles. The third-order valence-corrected chi connectivity index (χ3v) is 2.29. The minimum Gasteiger partial charge on any atom is -0.380 e. The largest absolute Gasteiger partial charge is 0.380 e. The molecule has 1 unspecified atom stereocenters. The van der Waals surface area contributed by atoms with Gasteiger partial charge in [-0.2, -0.15) is 0 Å². The Labute approximate surface area is 87.2 Å². The molecule has 0 saturated carbocycles. The van der Waals surface area contributed by atoms with E-state index in [0.717, 1.165) is 33.0 Å². The van der Waals surface area contributed by atoms with Crippen molar-refractivity contribution >= 4 is 0 Å². The van der Waals surface area contributed by atoms with Gasteiger partial charge in [-0.1, -0.05) is 13.8 Å². The lowest BCUT2D eigenvalue weighted by Crippen LogP contribution is -2.38. The Morgan fingerprint density at radius 3 is 3.00 bits per heavy atom. The van der Waals surface area contributed by atoms with E-state index in [-0.39, 0.29) is 0 Å². The minimum atomic E-state index is 0.548. The highest BCUT2D eigenvalue weighted by Gasteiger charge is 2.11. The van der Waals surface area contributed by atoms with Crippen molar-refractivity contribution in [2.24, 2.45) is 5.92 Å². The van der Waals surface area contributed by atoms with E-state index < -0.39 is 0 Å². The summed E-state index contributed by atoms with van der Waals surface area (Å²) in [6.07, 6.45) is 2.43. The average molecular weight is 201 g/mol. The number of nitrogens with one attached hydrogen (secondary N) is 1. The van der Waals surface area contributed by atoms with E-state index >= 15 is 0 Å². The Morgan fingerprint density at radius 2 is 2.36 bits per heavy atom. The van der Waals surface area contributed by atoms with Gasteiger partial charge in [-0.25, -0.2) is 0 Å². The molecule has 1 rings (SSSR count). The predicted molar refractivity (Wildman–Crippen MR) is 57.5 cm³/mol. The van der Waals surface area contributed by atoms with Crippen LogP contribution in [0.15, 0.2) is 0 Å². The average Bonchev–Trinajstić information content (AvgIpc) is 2.18. The molecular weight excluding hydrogens is 178 g/mol. The maximum absolute atomic E-state index is 5.48. The van der Waals surface area contributed by atoms with Gasteiger partial charge in [0.25, 0.3) is 0 Å². The van der Waals surface area contributed by atoms with Crippen molar-refractivity contribution in [3.05, 3.63) is 0 Å². The van der Waals surface area contributed by atoms with Crippen LogP contribution in [0.2, 0.25) is 0 Å². The van der Waals surface area contributed by atoms with Gasteiger partial charge in [-0.15, -0.1) is 0 Å². The van der Waals surface area contributed by atoms with E-state index in [0.29, 0.717) is 12.0 Å². The molecule has 1 aliphatic heterocycles. The van der Waals surface area contributed by atoms with Gasteiger partial charge in [0.05, 0.1) is 13.2 Å². The molecule has 1 aliphatic rings. The smallest absolute Gasteiger partial charge is 0.0619 e. The van der Waals surface area contributed by atoms with Crippen molar-refractivity contribution in [3.63, 3.8) is 0 Å². The summed E-state index contributed by atoms with van der Waals surface area (Å²) >= 11 is 0. The molecule has 0 amide bonds. The molecule has 84 valence electrons. The Balaban J connectivity index is 1.87. The SMILES string of the molecule is CC(C)COCCNC1CCCOC1. The molecule has 0 radical (unpaired) electrons. The summed E-state index contributed by atoms with van der Waals surface area (Å²) in [6, 6.07) is 0.548. The molecule has 3 heteroatoms. The van der Waals surface area contributed by atoms with Crippen molar-refractivity contribution in [2.45, 2.75) is 32.7 Å². The molecular formula is C11H23NO2. The predicted octanol–water partition coefficient (Wildman–Crippen LogP) is 1.43. The van der Waals surface area contributed by atoms with Crippen molar-refractivity contribution in [2.75, 3.05) is 33.0 Å². The topological polar surface area (TPSA) is 30.5 Å². The van der Waals surface area contributed by atoms with Crippen LogP contribution in [0, 0.1) is 5.92 Å². The first kappa shape index (κ1) is 12.0. The molecule has 1 saturated heterocycles. The van der Waals surface area contributed by atoms with E-state index in [4.69, 9.17) is 9.47 Å². The molecule has 0 aliphatic carbocycles. The lowest BCUT2D eigenvalue weighted by atomic mass is 10.1. The zero-order chi connectivity index (χ0) is 10.2. The van der Waals surface area contributed by atoms with E-state index in [1.165, 1.54) is 12.8 Å². The highest BCUT2D eigenvalue weighted by Crippen LogP contribution is 2.04. The summed E-state index contributed by atoms with van der Waals surface area (Å²) in [7, 11) is 0. The van der Waals surface area contributed by atoms with Crippen LogP contribution >= 0.6 is 0 Å². The third-order valence-electron chi connectivity index (χ3n) is 2.29. The first-order valence-electron chi connectivity index (χ1n) is 5.68. The lowest BCUT2D eigenvalue weighted by Gasteiger charge is -2.23. The molecule has 0 bridgehead atoms. The number of hydrogen-bond acceptors (Lipinski definition) is 3. The summed E-state index contributed by atoms with van der Waals surface area (Å²) in [6.45, 7) is 8.76. The fraction of sp³-hybridized carbons (Fsp3) is 1.00. The summed E-state index contributed by atoms with van der Waals surface area (Å²) < 4.78 is 10.9. The Kier molecular flexibility index (Phi) is 6.15. The summed E-state index contributed by atoms with van der Waals surface area (Å²) in [5.41, 5.74) is 0. The van der Waals surface area contributed by atoms with Crippen LogP contribution in [0.5, 0.6) is 0 Å². The van der Waals surface area contributed by atoms with E-state index in [2.05, 4.69) is 19.2 Å². The Morgan fingerprint density at radius 1 is 1.50 bits per heavy atom. The molecule has 0 aromatic rings. The fourth-order valence-electron chi connectivity index (χ4n) is 1.56. The Bertz CT molecular complexity index is 133. The van der Waals surface area contributed by atoms with Crippen molar-refractivity contribution < 1.29 is 9.47 Å². The van der Waals surface area contributed by atoms with E-state index in [1.54, 1.807) is 0 Å². The zero-order valence-electron chi connectivity index (χ0n) is 9.42. The standard InChI is InChI=1S/C11H23NO2/c1-10(2)8-14-7-5-12-11-4-3-6-13-9-11/h10-12H,3-9H2,1-2H3. The maximum atomic E-state index is 5.48. The Hall–Kier alpha value is -0.120. The maximum Gasteiger partial charge on any atom is 0.0619 e. The zero-order valence-corrected chi connectivity index (χ0v) is 9.42. The quantitative estimate of drug-likeness (QED) is 0.659. The second-order valence-electron chi connectivity index (χ2n) is 4.34. The molecule has 0 aromatic heterocycles. The van der Waals surface area contributed by atoms with E-state index in [9.17, 15) is 0 Å². The van der Waals surface area contributed by atoms with Gasteiger partial charge in [0.1, 0.15) is 0 Å². The molecule has 3 nitrogen and oxygen atoms in total. The van der Waals surface area contributed by atoms with Crippen LogP contribution < -0.4 is 5.32 Å². The van der Waals surface area contributed by atoms with Crippen molar-refractivity contribution in [3.8, 4) is 0 Å². The van der Waals surface area contributed by atoms with Crippen LogP contribution in [0.4, 0.5) is 0 Å². The highest BCUT2D eigenvalue weighted by molar-refractivity contribution is 4.69. The number of rotatable bonds is 6. The fourth-order valence-corrected chi connectivity index (χ4v) is 1.56. The normalized spacial score (nSPS) is 22.9.